The third-order valence-corrected chi connectivity index (χ3v) is 4.22. The summed E-state index contributed by atoms with van der Waals surface area (Å²) < 4.78 is 1.79. The van der Waals surface area contributed by atoms with Crippen molar-refractivity contribution in [2.75, 3.05) is 5.32 Å². The molecule has 8 heteroatoms. The van der Waals surface area contributed by atoms with Crippen LogP contribution >= 0.6 is 0 Å². The number of primary amides is 1. The number of nitrogens with two attached hydrogens (primary N) is 1. The van der Waals surface area contributed by atoms with Gasteiger partial charge in [-0.15, -0.1) is 0 Å². The van der Waals surface area contributed by atoms with E-state index in [2.05, 4.69) is 20.3 Å². The molecule has 1 aliphatic carbocycles. The highest BCUT2D eigenvalue weighted by Gasteiger charge is 2.30. The van der Waals surface area contributed by atoms with E-state index in [1.807, 2.05) is 6.07 Å². The Kier molecular flexibility index (Phi) is 3.92. The molecule has 130 valence electrons. The molecule has 1 fully saturated rings. The van der Waals surface area contributed by atoms with E-state index >= 15 is 0 Å². The number of pyridine rings is 2. The lowest BCUT2D eigenvalue weighted by Crippen LogP contribution is -2.18. The molecule has 0 aromatic carbocycles. The smallest absolute Gasteiger partial charge is 0.249 e. The van der Waals surface area contributed by atoms with E-state index in [9.17, 15) is 9.59 Å². The Morgan fingerprint density at radius 1 is 1.19 bits per heavy atom. The van der Waals surface area contributed by atoms with Gasteiger partial charge in [0, 0.05) is 41.8 Å². The quantitative estimate of drug-likeness (QED) is 0.729. The fourth-order valence-corrected chi connectivity index (χ4v) is 2.74. The first-order chi connectivity index (χ1) is 12.6. The Hall–Kier alpha value is -3.55. The lowest BCUT2D eigenvalue weighted by molar-refractivity contribution is -0.117. The first-order valence-electron chi connectivity index (χ1n) is 8.17. The van der Waals surface area contributed by atoms with Gasteiger partial charge in [-0.05, 0) is 25.0 Å². The first-order valence-corrected chi connectivity index (χ1v) is 8.17. The number of aromatic nitrogens is 4. The summed E-state index contributed by atoms with van der Waals surface area (Å²) in [4.78, 5) is 36.7. The largest absolute Gasteiger partial charge is 0.366 e. The predicted molar refractivity (Wildman–Crippen MR) is 94.5 cm³/mol. The standard InChI is InChI=1S/C18H16N6O2/c19-16(25)14-3-4-22-17(23-18(26)11-1-2-11)15(14)12-7-13(9-21-8-12)24-6-5-20-10-24/h3-11H,1-2H2,(H2,19,25)(H,22,23,26). The van der Waals surface area contributed by atoms with E-state index in [-0.39, 0.29) is 17.4 Å². The van der Waals surface area contributed by atoms with Crippen LogP contribution in [-0.4, -0.2) is 31.3 Å². The number of rotatable bonds is 5. The van der Waals surface area contributed by atoms with Gasteiger partial charge in [0.2, 0.25) is 11.8 Å². The van der Waals surface area contributed by atoms with Gasteiger partial charge in [0.25, 0.3) is 0 Å². The average molecular weight is 348 g/mol. The Bertz CT molecular complexity index is 979. The molecule has 3 aromatic rings. The number of carbonyl (C=O) groups excluding carboxylic acids is 2. The second-order valence-electron chi connectivity index (χ2n) is 6.11. The highest BCUT2D eigenvalue weighted by atomic mass is 16.2. The van der Waals surface area contributed by atoms with Crippen molar-refractivity contribution < 1.29 is 9.59 Å². The van der Waals surface area contributed by atoms with Crippen molar-refractivity contribution in [2.45, 2.75) is 12.8 Å². The van der Waals surface area contributed by atoms with Gasteiger partial charge in [0.05, 0.1) is 23.8 Å². The minimum Gasteiger partial charge on any atom is -0.366 e. The number of hydrogen-bond donors (Lipinski definition) is 2. The van der Waals surface area contributed by atoms with Crippen LogP contribution in [0.25, 0.3) is 16.8 Å². The molecule has 0 unspecified atom stereocenters. The molecule has 8 nitrogen and oxygen atoms in total. The molecule has 3 heterocycles. The van der Waals surface area contributed by atoms with E-state index in [4.69, 9.17) is 5.73 Å². The van der Waals surface area contributed by atoms with Crippen molar-refractivity contribution in [1.29, 1.82) is 0 Å². The summed E-state index contributed by atoms with van der Waals surface area (Å²) in [6.45, 7) is 0. The fraction of sp³-hybridized carbons (Fsp3) is 0.167. The molecule has 1 aliphatic rings. The third-order valence-electron chi connectivity index (χ3n) is 4.22. The molecule has 4 rings (SSSR count). The molecule has 0 saturated heterocycles. The summed E-state index contributed by atoms with van der Waals surface area (Å²) in [5, 5.41) is 2.82. The summed E-state index contributed by atoms with van der Waals surface area (Å²) in [7, 11) is 0. The molecular weight excluding hydrogens is 332 g/mol. The number of carbonyl (C=O) groups is 2. The molecule has 0 aliphatic heterocycles. The molecule has 2 amide bonds. The van der Waals surface area contributed by atoms with E-state index < -0.39 is 5.91 Å². The van der Waals surface area contributed by atoms with Crippen LogP contribution in [0.5, 0.6) is 0 Å². The summed E-state index contributed by atoms with van der Waals surface area (Å²) in [5.74, 6) is -0.378. The topological polar surface area (TPSA) is 116 Å². The van der Waals surface area contributed by atoms with E-state index in [1.54, 1.807) is 35.7 Å². The van der Waals surface area contributed by atoms with Gasteiger partial charge in [0.1, 0.15) is 5.82 Å². The van der Waals surface area contributed by atoms with Crippen LogP contribution in [0.3, 0.4) is 0 Å². The number of anilines is 1. The normalized spacial score (nSPS) is 13.4. The maximum atomic E-state index is 12.2. The summed E-state index contributed by atoms with van der Waals surface area (Å²) in [6, 6.07) is 3.37. The zero-order valence-electron chi connectivity index (χ0n) is 13.8. The van der Waals surface area contributed by atoms with Crippen LogP contribution in [0, 0.1) is 5.92 Å². The van der Waals surface area contributed by atoms with Crippen LogP contribution < -0.4 is 11.1 Å². The number of amides is 2. The molecule has 0 bridgehead atoms. The molecular formula is C18H16N6O2. The Morgan fingerprint density at radius 3 is 2.73 bits per heavy atom. The number of imidazole rings is 1. The second kappa shape index (κ2) is 6.40. The van der Waals surface area contributed by atoms with Gasteiger partial charge in [-0.1, -0.05) is 0 Å². The number of nitrogens with one attached hydrogen (secondary N) is 1. The van der Waals surface area contributed by atoms with Gasteiger partial charge in [-0.2, -0.15) is 0 Å². The zero-order valence-corrected chi connectivity index (χ0v) is 13.8. The number of nitrogens with zero attached hydrogens (tertiary/aromatic N) is 4. The first kappa shape index (κ1) is 15.9. The van der Waals surface area contributed by atoms with Crippen molar-refractivity contribution in [3.63, 3.8) is 0 Å². The molecule has 3 N–H and O–H groups in total. The second-order valence-corrected chi connectivity index (χ2v) is 6.11. The number of hydrogen-bond acceptors (Lipinski definition) is 5. The predicted octanol–water partition coefficient (Wildman–Crippen LogP) is 1.78. The summed E-state index contributed by atoms with van der Waals surface area (Å²) in [6.07, 6.45) is 11.6. The maximum Gasteiger partial charge on any atom is 0.249 e. The monoisotopic (exact) mass is 348 g/mol. The van der Waals surface area contributed by atoms with Crippen LogP contribution in [0.1, 0.15) is 23.2 Å². The molecule has 1 saturated carbocycles. The zero-order chi connectivity index (χ0) is 18.1. The maximum absolute atomic E-state index is 12.2. The molecule has 0 radical (unpaired) electrons. The molecule has 3 aromatic heterocycles. The van der Waals surface area contributed by atoms with Crippen molar-refractivity contribution in [3.05, 3.63) is 55.0 Å². The van der Waals surface area contributed by atoms with Gasteiger partial charge in [-0.25, -0.2) is 9.97 Å². The van der Waals surface area contributed by atoms with E-state index in [0.29, 0.717) is 16.9 Å². The van der Waals surface area contributed by atoms with Crippen molar-refractivity contribution >= 4 is 17.6 Å². The summed E-state index contributed by atoms with van der Waals surface area (Å²) in [5.41, 5.74) is 7.67. The molecule has 26 heavy (non-hydrogen) atoms. The SMILES string of the molecule is NC(=O)c1ccnc(NC(=O)C2CC2)c1-c1cncc(-n2ccnc2)c1. The van der Waals surface area contributed by atoms with Crippen LogP contribution in [0.15, 0.2) is 49.4 Å². The summed E-state index contributed by atoms with van der Waals surface area (Å²) >= 11 is 0. The van der Waals surface area contributed by atoms with Gasteiger partial charge in [0.15, 0.2) is 0 Å². The highest BCUT2D eigenvalue weighted by Crippen LogP contribution is 2.34. The van der Waals surface area contributed by atoms with E-state index in [0.717, 1.165) is 18.5 Å². The third kappa shape index (κ3) is 3.04. The van der Waals surface area contributed by atoms with Gasteiger partial charge >= 0.3 is 0 Å². The fourth-order valence-electron chi connectivity index (χ4n) is 2.74. The Morgan fingerprint density at radius 2 is 2.04 bits per heavy atom. The van der Waals surface area contributed by atoms with Crippen molar-refractivity contribution in [3.8, 4) is 16.8 Å². The van der Waals surface area contributed by atoms with Crippen LogP contribution in [0.4, 0.5) is 5.82 Å². The minimum atomic E-state index is -0.600. The molecule has 0 spiro atoms. The molecule has 0 atom stereocenters. The lowest BCUT2D eigenvalue weighted by Gasteiger charge is -2.14. The lowest BCUT2D eigenvalue weighted by atomic mass is 10.0. The highest BCUT2D eigenvalue weighted by molar-refractivity contribution is 6.05. The minimum absolute atomic E-state index is 0.0114. The van der Waals surface area contributed by atoms with Crippen LogP contribution in [0.2, 0.25) is 0 Å². The Balaban J connectivity index is 1.82. The van der Waals surface area contributed by atoms with Gasteiger partial charge < -0.3 is 15.6 Å². The van der Waals surface area contributed by atoms with Crippen LogP contribution in [-0.2, 0) is 4.79 Å². The van der Waals surface area contributed by atoms with Crippen molar-refractivity contribution in [2.24, 2.45) is 11.7 Å². The Labute approximate surface area is 149 Å². The van der Waals surface area contributed by atoms with Crippen molar-refractivity contribution in [1.82, 2.24) is 19.5 Å². The average Bonchev–Trinajstić information content (AvgIpc) is 3.36. The van der Waals surface area contributed by atoms with Gasteiger partial charge in [-0.3, -0.25) is 14.6 Å². The van der Waals surface area contributed by atoms with E-state index in [1.165, 1.54) is 12.3 Å².